The van der Waals surface area contributed by atoms with Crippen LogP contribution in [0.1, 0.15) is 73.1 Å². The van der Waals surface area contributed by atoms with Gasteiger partial charge in [-0.25, -0.2) is 0 Å². The van der Waals surface area contributed by atoms with E-state index in [4.69, 9.17) is 0 Å². The summed E-state index contributed by atoms with van der Waals surface area (Å²) in [5.74, 6) is 1.83. The van der Waals surface area contributed by atoms with Gasteiger partial charge in [0.2, 0.25) is 0 Å². The van der Waals surface area contributed by atoms with E-state index >= 15 is 0 Å². The van der Waals surface area contributed by atoms with Crippen LogP contribution in [0.5, 0.6) is 0 Å². The Balaban J connectivity index is 3.41. The normalized spacial score (nSPS) is 14.7. The number of allylic oxidation sites excluding steroid dienone is 2. The zero-order valence-corrected chi connectivity index (χ0v) is 11.5. The van der Waals surface area contributed by atoms with Crippen molar-refractivity contribution in [3.63, 3.8) is 0 Å². The fourth-order valence-corrected chi connectivity index (χ4v) is 1.82. The highest BCUT2D eigenvalue weighted by Crippen LogP contribution is 2.18. The van der Waals surface area contributed by atoms with Crippen LogP contribution in [-0.4, -0.2) is 0 Å². The van der Waals surface area contributed by atoms with Crippen molar-refractivity contribution < 1.29 is 0 Å². The van der Waals surface area contributed by atoms with Crippen molar-refractivity contribution in [2.24, 2.45) is 11.8 Å². The van der Waals surface area contributed by atoms with Crippen LogP contribution in [-0.2, 0) is 0 Å². The molecule has 0 aliphatic carbocycles. The zero-order valence-electron chi connectivity index (χ0n) is 11.5. The zero-order chi connectivity index (χ0) is 11.7. The lowest BCUT2D eigenvalue weighted by atomic mass is 9.94. The molecule has 0 aromatic carbocycles. The number of rotatable bonds is 8. The molecule has 15 heavy (non-hydrogen) atoms. The third-order valence-corrected chi connectivity index (χ3v) is 3.30. The van der Waals surface area contributed by atoms with Crippen LogP contribution in [0.4, 0.5) is 0 Å². The molecule has 0 aromatic heterocycles. The molecule has 2 atom stereocenters. The van der Waals surface area contributed by atoms with Gasteiger partial charge in [-0.05, 0) is 38.5 Å². The van der Waals surface area contributed by atoms with E-state index in [-0.39, 0.29) is 0 Å². The molecule has 0 unspecified atom stereocenters. The monoisotopic (exact) mass is 210 g/mol. The minimum Gasteiger partial charge on any atom is -0.0859 e. The van der Waals surface area contributed by atoms with Crippen molar-refractivity contribution in [2.45, 2.75) is 73.1 Å². The summed E-state index contributed by atoms with van der Waals surface area (Å²) in [6.45, 7) is 11.4. The molecule has 0 heterocycles. The smallest absolute Gasteiger partial charge is 0.0346 e. The third kappa shape index (κ3) is 10.0. The molecule has 0 N–H and O–H groups in total. The predicted octanol–water partition coefficient (Wildman–Crippen LogP) is 5.59. The van der Waals surface area contributed by atoms with Gasteiger partial charge < -0.3 is 0 Å². The molecule has 0 heteroatoms. The molecule has 0 bridgehead atoms. The van der Waals surface area contributed by atoms with Gasteiger partial charge in [-0.1, -0.05) is 58.1 Å². The molecule has 0 saturated carbocycles. The van der Waals surface area contributed by atoms with Crippen molar-refractivity contribution >= 4 is 0 Å². The molecule has 0 radical (unpaired) electrons. The summed E-state index contributed by atoms with van der Waals surface area (Å²) in [6.07, 6.45) is 10.6. The third-order valence-electron chi connectivity index (χ3n) is 3.30. The maximum Gasteiger partial charge on any atom is -0.0346 e. The van der Waals surface area contributed by atoms with Gasteiger partial charge in [0, 0.05) is 0 Å². The fraction of sp³-hybridized carbons (Fsp3) is 0.867. The van der Waals surface area contributed by atoms with Crippen molar-refractivity contribution in [3.8, 4) is 0 Å². The van der Waals surface area contributed by atoms with Gasteiger partial charge >= 0.3 is 0 Å². The number of hydrogen-bond donors (Lipinski definition) is 0. The molecule has 0 nitrogen and oxygen atoms in total. The molecule has 90 valence electrons. The second kappa shape index (κ2) is 9.00. The van der Waals surface area contributed by atoms with Crippen molar-refractivity contribution in [3.05, 3.63) is 11.6 Å². The van der Waals surface area contributed by atoms with E-state index in [1.54, 1.807) is 0 Å². The molecule has 0 aromatic rings. The van der Waals surface area contributed by atoms with Crippen LogP contribution in [0.2, 0.25) is 0 Å². The van der Waals surface area contributed by atoms with E-state index in [2.05, 4.69) is 40.7 Å². The first-order valence-corrected chi connectivity index (χ1v) is 6.69. The van der Waals surface area contributed by atoms with Crippen molar-refractivity contribution in [1.29, 1.82) is 0 Å². The van der Waals surface area contributed by atoms with E-state index in [0.29, 0.717) is 0 Å². The molecule has 0 saturated heterocycles. The van der Waals surface area contributed by atoms with E-state index in [1.165, 1.54) is 44.1 Å². The Labute approximate surface area is 97.2 Å². The number of hydrogen-bond acceptors (Lipinski definition) is 0. The van der Waals surface area contributed by atoms with E-state index in [1.807, 2.05) is 0 Å². The first-order valence-electron chi connectivity index (χ1n) is 6.69. The summed E-state index contributed by atoms with van der Waals surface area (Å²) in [7, 11) is 0. The standard InChI is InChI=1S/C15H30/c1-6-14(4)10-8-12-15(5)11-7-9-13(2)3/h9,14-15H,6-8,10-12H2,1-5H3/t14-,15+/m0/s1. The van der Waals surface area contributed by atoms with Crippen LogP contribution < -0.4 is 0 Å². The summed E-state index contributed by atoms with van der Waals surface area (Å²) in [4.78, 5) is 0. The average Bonchev–Trinajstić information content (AvgIpc) is 2.17. The van der Waals surface area contributed by atoms with E-state index < -0.39 is 0 Å². The van der Waals surface area contributed by atoms with E-state index in [0.717, 1.165) is 11.8 Å². The van der Waals surface area contributed by atoms with Crippen LogP contribution in [0.15, 0.2) is 11.6 Å². The van der Waals surface area contributed by atoms with Crippen LogP contribution in [0, 0.1) is 11.8 Å². The van der Waals surface area contributed by atoms with Gasteiger partial charge in [-0.2, -0.15) is 0 Å². The second-order valence-electron chi connectivity index (χ2n) is 5.41. The fourth-order valence-electron chi connectivity index (χ4n) is 1.82. The van der Waals surface area contributed by atoms with Crippen LogP contribution >= 0.6 is 0 Å². The first-order chi connectivity index (χ1) is 7.06. The lowest BCUT2D eigenvalue weighted by molar-refractivity contribution is 0.420. The molecule has 0 aliphatic rings. The summed E-state index contributed by atoms with van der Waals surface area (Å²) >= 11 is 0. The van der Waals surface area contributed by atoms with Gasteiger partial charge in [0.25, 0.3) is 0 Å². The largest absolute Gasteiger partial charge is 0.0859 e. The van der Waals surface area contributed by atoms with Crippen molar-refractivity contribution in [2.75, 3.05) is 0 Å². The average molecular weight is 210 g/mol. The first kappa shape index (κ1) is 14.7. The minimum absolute atomic E-state index is 0.907. The maximum absolute atomic E-state index is 2.40. The molecule has 0 spiro atoms. The van der Waals surface area contributed by atoms with Gasteiger partial charge in [0.05, 0.1) is 0 Å². The lowest BCUT2D eigenvalue weighted by Gasteiger charge is -2.12. The highest BCUT2D eigenvalue weighted by molar-refractivity contribution is 4.92. The highest BCUT2D eigenvalue weighted by atomic mass is 14.1. The van der Waals surface area contributed by atoms with Gasteiger partial charge in [-0.3, -0.25) is 0 Å². The van der Waals surface area contributed by atoms with Gasteiger partial charge in [0.1, 0.15) is 0 Å². The van der Waals surface area contributed by atoms with Crippen LogP contribution in [0.3, 0.4) is 0 Å². The minimum atomic E-state index is 0.907. The lowest BCUT2D eigenvalue weighted by Crippen LogP contribution is -1.97. The Morgan fingerprint density at radius 1 is 1.00 bits per heavy atom. The molecule has 0 rings (SSSR count). The second-order valence-corrected chi connectivity index (χ2v) is 5.41. The summed E-state index contributed by atoms with van der Waals surface area (Å²) in [6, 6.07) is 0. The van der Waals surface area contributed by atoms with E-state index in [9.17, 15) is 0 Å². The molecule has 0 amide bonds. The predicted molar refractivity (Wildman–Crippen MR) is 71.1 cm³/mol. The Hall–Kier alpha value is -0.260. The van der Waals surface area contributed by atoms with Gasteiger partial charge in [0.15, 0.2) is 0 Å². The molecular weight excluding hydrogens is 180 g/mol. The van der Waals surface area contributed by atoms with Gasteiger partial charge in [-0.15, -0.1) is 0 Å². The summed E-state index contributed by atoms with van der Waals surface area (Å²) in [5.41, 5.74) is 1.46. The quantitative estimate of drug-likeness (QED) is 0.458. The summed E-state index contributed by atoms with van der Waals surface area (Å²) < 4.78 is 0. The Morgan fingerprint density at radius 2 is 1.60 bits per heavy atom. The Bertz CT molecular complexity index is 163. The highest BCUT2D eigenvalue weighted by Gasteiger charge is 2.03. The maximum atomic E-state index is 2.40. The summed E-state index contributed by atoms with van der Waals surface area (Å²) in [5, 5.41) is 0. The van der Waals surface area contributed by atoms with Crippen LogP contribution in [0.25, 0.3) is 0 Å². The van der Waals surface area contributed by atoms with Crippen molar-refractivity contribution in [1.82, 2.24) is 0 Å². The Morgan fingerprint density at radius 3 is 2.13 bits per heavy atom. The molecule has 0 fully saturated rings. The molecule has 0 aliphatic heterocycles. The SMILES string of the molecule is CC[C@H](C)CCC[C@H](C)CCC=C(C)C. The Kier molecular flexibility index (Phi) is 8.85. The molecular formula is C15H30. The topological polar surface area (TPSA) is 0 Å².